The van der Waals surface area contributed by atoms with Crippen LogP contribution in [0.3, 0.4) is 0 Å². The fourth-order valence-electron chi connectivity index (χ4n) is 3.52. The Morgan fingerprint density at radius 1 is 1.04 bits per heavy atom. The zero-order valence-corrected chi connectivity index (χ0v) is 16.7. The molecule has 2 aromatic rings. The van der Waals surface area contributed by atoms with Crippen LogP contribution in [0.1, 0.15) is 19.5 Å². The first-order valence-electron chi connectivity index (χ1n) is 9.94. The summed E-state index contributed by atoms with van der Waals surface area (Å²) in [5.74, 6) is 1.76. The van der Waals surface area contributed by atoms with Crippen molar-refractivity contribution in [3.8, 4) is 17.1 Å². The average molecular weight is 370 g/mol. The summed E-state index contributed by atoms with van der Waals surface area (Å²) in [6.07, 6.45) is 0. The van der Waals surface area contributed by atoms with Gasteiger partial charge in [0.15, 0.2) is 5.82 Å². The van der Waals surface area contributed by atoms with Crippen LogP contribution in [-0.2, 0) is 0 Å². The molecule has 2 heterocycles. The van der Waals surface area contributed by atoms with E-state index < -0.39 is 0 Å². The SMILES string of the molecule is CCN(CC)CCN1CCN(c2cc(C)nc(-c3ccccc3O)n2)CC1. The van der Waals surface area contributed by atoms with Crippen molar-refractivity contribution >= 4 is 5.82 Å². The van der Waals surface area contributed by atoms with Crippen LogP contribution in [0.15, 0.2) is 30.3 Å². The van der Waals surface area contributed by atoms with E-state index in [-0.39, 0.29) is 5.75 Å². The highest BCUT2D eigenvalue weighted by atomic mass is 16.3. The molecule has 1 fully saturated rings. The van der Waals surface area contributed by atoms with Gasteiger partial charge in [-0.1, -0.05) is 26.0 Å². The Balaban J connectivity index is 1.65. The molecule has 1 aliphatic rings. The molecule has 1 saturated heterocycles. The van der Waals surface area contributed by atoms with E-state index in [0.717, 1.165) is 63.9 Å². The van der Waals surface area contributed by atoms with E-state index in [1.807, 2.05) is 31.2 Å². The third kappa shape index (κ3) is 4.96. The van der Waals surface area contributed by atoms with E-state index in [9.17, 15) is 5.11 Å². The Labute approximate surface area is 162 Å². The summed E-state index contributed by atoms with van der Waals surface area (Å²) in [6, 6.07) is 9.28. The monoisotopic (exact) mass is 369 g/mol. The van der Waals surface area contributed by atoms with Crippen LogP contribution in [0, 0.1) is 6.92 Å². The molecule has 1 aliphatic heterocycles. The topological polar surface area (TPSA) is 55.7 Å². The number of phenols is 1. The van der Waals surface area contributed by atoms with E-state index in [1.165, 1.54) is 0 Å². The molecule has 1 aromatic heterocycles. The molecule has 0 radical (unpaired) electrons. The summed E-state index contributed by atoms with van der Waals surface area (Å²) in [4.78, 5) is 16.6. The number of para-hydroxylation sites is 1. The first-order chi connectivity index (χ1) is 13.1. The maximum Gasteiger partial charge on any atom is 0.165 e. The van der Waals surface area contributed by atoms with Gasteiger partial charge in [-0.2, -0.15) is 0 Å². The molecular formula is C21H31N5O. The lowest BCUT2D eigenvalue weighted by Gasteiger charge is -2.36. The van der Waals surface area contributed by atoms with E-state index in [4.69, 9.17) is 4.98 Å². The first-order valence-corrected chi connectivity index (χ1v) is 9.94. The molecule has 0 aliphatic carbocycles. The van der Waals surface area contributed by atoms with Gasteiger partial charge in [-0.3, -0.25) is 4.90 Å². The van der Waals surface area contributed by atoms with Crippen molar-refractivity contribution in [2.75, 3.05) is 57.3 Å². The molecule has 0 amide bonds. The lowest BCUT2D eigenvalue weighted by atomic mass is 10.2. The lowest BCUT2D eigenvalue weighted by molar-refractivity contribution is 0.205. The largest absolute Gasteiger partial charge is 0.507 e. The van der Waals surface area contributed by atoms with Crippen molar-refractivity contribution < 1.29 is 5.11 Å². The fourth-order valence-corrected chi connectivity index (χ4v) is 3.52. The van der Waals surface area contributed by atoms with Gasteiger partial charge in [-0.15, -0.1) is 0 Å². The van der Waals surface area contributed by atoms with Crippen molar-refractivity contribution in [2.24, 2.45) is 0 Å². The highest BCUT2D eigenvalue weighted by molar-refractivity contribution is 5.65. The summed E-state index contributed by atoms with van der Waals surface area (Å²) >= 11 is 0. The second-order valence-corrected chi connectivity index (χ2v) is 7.06. The predicted molar refractivity (Wildman–Crippen MR) is 110 cm³/mol. The Kier molecular flexibility index (Phi) is 6.63. The third-order valence-electron chi connectivity index (χ3n) is 5.31. The molecule has 0 saturated carbocycles. The summed E-state index contributed by atoms with van der Waals surface area (Å²) in [7, 11) is 0. The van der Waals surface area contributed by atoms with E-state index >= 15 is 0 Å². The second kappa shape index (κ2) is 9.15. The molecule has 1 aromatic carbocycles. The Hall–Kier alpha value is -2.18. The summed E-state index contributed by atoms with van der Waals surface area (Å²) in [5, 5.41) is 10.1. The zero-order valence-electron chi connectivity index (χ0n) is 16.7. The predicted octanol–water partition coefficient (Wildman–Crippen LogP) is 2.62. The van der Waals surface area contributed by atoms with E-state index in [2.05, 4.69) is 33.5 Å². The van der Waals surface area contributed by atoms with E-state index in [1.54, 1.807) is 6.07 Å². The minimum atomic E-state index is 0.218. The van der Waals surface area contributed by atoms with Gasteiger partial charge in [-0.05, 0) is 32.1 Å². The second-order valence-electron chi connectivity index (χ2n) is 7.06. The molecule has 6 heteroatoms. The number of rotatable bonds is 7. The number of aryl methyl sites for hydroxylation is 1. The van der Waals surface area contributed by atoms with Gasteiger partial charge >= 0.3 is 0 Å². The molecule has 0 spiro atoms. The first kappa shape index (κ1) is 19.6. The third-order valence-corrected chi connectivity index (χ3v) is 5.31. The van der Waals surface area contributed by atoms with Crippen LogP contribution in [0.25, 0.3) is 11.4 Å². The molecule has 0 bridgehead atoms. The molecular weight excluding hydrogens is 338 g/mol. The number of piperazine rings is 1. The molecule has 27 heavy (non-hydrogen) atoms. The molecule has 3 rings (SSSR count). The van der Waals surface area contributed by atoms with Crippen LogP contribution >= 0.6 is 0 Å². The maximum atomic E-state index is 10.1. The van der Waals surface area contributed by atoms with Crippen molar-refractivity contribution in [2.45, 2.75) is 20.8 Å². The number of anilines is 1. The quantitative estimate of drug-likeness (QED) is 0.810. The van der Waals surface area contributed by atoms with Gasteiger partial charge in [0.05, 0.1) is 5.56 Å². The van der Waals surface area contributed by atoms with Crippen molar-refractivity contribution in [1.29, 1.82) is 0 Å². The summed E-state index contributed by atoms with van der Waals surface area (Å²) < 4.78 is 0. The van der Waals surface area contributed by atoms with Crippen LogP contribution in [-0.4, -0.2) is 77.2 Å². The Morgan fingerprint density at radius 2 is 1.74 bits per heavy atom. The summed E-state index contributed by atoms with van der Waals surface area (Å²) in [5.41, 5.74) is 1.60. The number of nitrogens with zero attached hydrogens (tertiary/aromatic N) is 5. The van der Waals surface area contributed by atoms with Gasteiger partial charge < -0.3 is 14.9 Å². The van der Waals surface area contributed by atoms with Crippen LogP contribution in [0.5, 0.6) is 5.75 Å². The molecule has 146 valence electrons. The van der Waals surface area contributed by atoms with Crippen molar-refractivity contribution in [1.82, 2.24) is 19.8 Å². The molecule has 1 N–H and O–H groups in total. The molecule has 0 unspecified atom stereocenters. The molecule has 0 atom stereocenters. The highest BCUT2D eigenvalue weighted by Gasteiger charge is 2.20. The van der Waals surface area contributed by atoms with Gasteiger partial charge in [0.2, 0.25) is 0 Å². The minimum absolute atomic E-state index is 0.218. The van der Waals surface area contributed by atoms with Gasteiger partial charge in [-0.25, -0.2) is 9.97 Å². The highest BCUT2D eigenvalue weighted by Crippen LogP contribution is 2.27. The summed E-state index contributed by atoms with van der Waals surface area (Å²) in [6.45, 7) is 15.0. The average Bonchev–Trinajstić information content (AvgIpc) is 2.69. The number of benzene rings is 1. The number of hydrogen-bond donors (Lipinski definition) is 1. The minimum Gasteiger partial charge on any atom is -0.507 e. The van der Waals surface area contributed by atoms with Crippen molar-refractivity contribution in [3.05, 3.63) is 36.0 Å². The standard InChI is InChI=1S/C21H31N5O/c1-4-24(5-2)10-11-25-12-14-26(15-13-25)20-16-17(3)22-21(23-20)18-8-6-7-9-19(18)27/h6-9,16,27H,4-5,10-15H2,1-3H3. The molecule has 6 nitrogen and oxygen atoms in total. The van der Waals surface area contributed by atoms with Crippen LogP contribution < -0.4 is 4.90 Å². The normalized spacial score (nSPS) is 15.5. The van der Waals surface area contributed by atoms with Crippen LogP contribution in [0.2, 0.25) is 0 Å². The smallest absolute Gasteiger partial charge is 0.165 e. The maximum absolute atomic E-state index is 10.1. The van der Waals surface area contributed by atoms with Gasteiger partial charge in [0.25, 0.3) is 0 Å². The van der Waals surface area contributed by atoms with Crippen LogP contribution in [0.4, 0.5) is 5.82 Å². The van der Waals surface area contributed by atoms with Gasteiger partial charge in [0, 0.05) is 51.0 Å². The number of aromatic hydroxyl groups is 1. The fraction of sp³-hybridized carbons (Fsp3) is 0.524. The van der Waals surface area contributed by atoms with Gasteiger partial charge in [0.1, 0.15) is 11.6 Å². The van der Waals surface area contributed by atoms with Crippen molar-refractivity contribution in [3.63, 3.8) is 0 Å². The zero-order chi connectivity index (χ0) is 19.2. The number of aromatic nitrogens is 2. The Morgan fingerprint density at radius 3 is 2.41 bits per heavy atom. The Bertz CT molecular complexity index is 739. The number of hydrogen-bond acceptors (Lipinski definition) is 6. The van der Waals surface area contributed by atoms with E-state index in [0.29, 0.717) is 11.4 Å². The number of likely N-dealkylation sites (N-methyl/N-ethyl adjacent to an activating group) is 1. The number of phenolic OH excluding ortho intramolecular Hbond substituents is 1. The lowest BCUT2D eigenvalue weighted by Crippen LogP contribution is -2.48.